The van der Waals surface area contributed by atoms with Crippen LogP contribution in [-0.2, 0) is 10.5 Å². The predicted octanol–water partition coefficient (Wildman–Crippen LogP) is 5.49. The second-order valence-corrected chi connectivity index (χ2v) is 10.0. The molecule has 0 radical (unpaired) electrons. The van der Waals surface area contributed by atoms with E-state index in [-0.39, 0.29) is 11.7 Å². The number of carbonyl (C=O) groups excluding carboxylic acids is 1. The van der Waals surface area contributed by atoms with Crippen LogP contribution < -0.4 is 5.43 Å². The van der Waals surface area contributed by atoms with E-state index in [9.17, 15) is 4.79 Å². The van der Waals surface area contributed by atoms with Crippen LogP contribution in [0.2, 0.25) is 5.02 Å². The lowest BCUT2D eigenvalue weighted by atomic mass is 10.2. The maximum absolute atomic E-state index is 11.9. The van der Waals surface area contributed by atoms with Crippen LogP contribution in [0, 0.1) is 0 Å². The van der Waals surface area contributed by atoms with Crippen LogP contribution in [0.15, 0.2) is 66.8 Å². The van der Waals surface area contributed by atoms with Gasteiger partial charge in [-0.25, -0.2) is 5.43 Å². The molecule has 28 heavy (non-hydrogen) atoms. The summed E-state index contributed by atoms with van der Waals surface area (Å²) in [5.74, 6) is 0.745. The second-order valence-electron chi connectivity index (χ2n) is 5.32. The van der Waals surface area contributed by atoms with Gasteiger partial charge >= 0.3 is 0 Å². The smallest absolute Gasteiger partial charge is 0.250 e. The molecule has 5 nitrogen and oxygen atoms in total. The largest absolute Gasteiger partial charge is 0.272 e. The van der Waals surface area contributed by atoms with Crippen molar-refractivity contribution in [2.75, 3.05) is 5.75 Å². The van der Waals surface area contributed by atoms with E-state index in [0.717, 1.165) is 35.1 Å². The molecule has 0 bridgehead atoms. The van der Waals surface area contributed by atoms with Gasteiger partial charge in [0.15, 0.2) is 8.68 Å². The van der Waals surface area contributed by atoms with Crippen molar-refractivity contribution in [3.63, 3.8) is 0 Å². The number of rotatable bonds is 8. The Kier molecular flexibility index (Phi) is 8.35. The number of thioether (sulfide) groups is 2. The number of halogens is 2. The molecule has 0 spiro atoms. The highest BCUT2D eigenvalue weighted by molar-refractivity contribution is 9.10. The van der Waals surface area contributed by atoms with E-state index in [1.165, 1.54) is 23.1 Å². The molecular formula is C18H14BrClN4OS3. The highest BCUT2D eigenvalue weighted by atomic mass is 79.9. The number of hydrogen-bond acceptors (Lipinski definition) is 7. The molecule has 3 aromatic rings. The quantitative estimate of drug-likeness (QED) is 0.245. The number of carbonyl (C=O) groups is 1. The van der Waals surface area contributed by atoms with Gasteiger partial charge in [-0.3, -0.25) is 4.79 Å². The molecule has 0 atom stereocenters. The topological polar surface area (TPSA) is 67.2 Å². The minimum Gasteiger partial charge on any atom is -0.272 e. The Morgan fingerprint density at radius 2 is 1.86 bits per heavy atom. The van der Waals surface area contributed by atoms with Crippen molar-refractivity contribution in [3.8, 4) is 0 Å². The Hall–Kier alpha value is -1.39. The average Bonchev–Trinajstić information content (AvgIpc) is 3.15. The highest BCUT2D eigenvalue weighted by Gasteiger charge is 2.09. The van der Waals surface area contributed by atoms with Crippen LogP contribution in [-0.4, -0.2) is 28.1 Å². The maximum atomic E-state index is 11.9. The van der Waals surface area contributed by atoms with Crippen LogP contribution in [0.3, 0.4) is 0 Å². The lowest BCUT2D eigenvalue weighted by Crippen LogP contribution is -2.19. The van der Waals surface area contributed by atoms with Gasteiger partial charge in [0.1, 0.15) is 0 Å². The standard InChI is InChI=1S/C18H14BrClN4OS3/c19-14-7-3-1-5-12(14)9-21-22-16(25)11-27-18-24-23-17(28-18)26-10-13-6-2-4-8-15(13)20/h1-9H,10-11H2,(H,22,25). The number of hydrazone groups is 1. The number of nitrogens with zero attached hydrogens (tertiary/aromatic N) is 3. The summed E-state index contributed by atoms with van der Waals surface area (Å²) >= 11 is 14.0. The summed E-state index contributed by atoms with van der Waals surface area (Å²) in [6, 6.07) is 15.4. The van der Waals surface area contributed by atoms with Crippen molar-refractivity contribution in [3.05, 3.63) is 69.2 Å². The number of benzene rings is 2. The van der Waals surface area contributed by atoms with E-state index >= 15 is 0 Å². The second kappa shape index (κ2) is 11.0. The van der Waals surface area contributed by atoms with E-state index in [1.807, 2.05) is 48.5 Å². The van der Waals surface area contributed by atoms with Gasteiger partial charge in [0.25, 0.3) is 5.91 Å². The molecule has 0 saturated carbocycles. The van der Waals surface area contributed by atoms with Crippen molar-refractivity contribution in [2.24, 2.45) is 5.10 Å². The number of aromatic nitrogens is 2. The van der Waals surface area contributed by atoms with Crippen LogP contribution in [0.5, 0.6) is 0 Å². The monoisotopic (exact) mass is 512 g/mol. The zero-order valence-electron chi connectivity index (χ0n) is 14.3. The van der Waals surface area contributed by atoms with E-state index in [0.29, 0.717) is 0 Å². The molecule has 0 aliphatic carbocycles. The third-order valence-electron chi connectivity index (χ3n) is 3.32. The minimum atomic E-state index is -0.200. The van der Waals surface area contributed by atoms with Crippen molar-refractivity contribution in [1.82, 2.24) is 15.6 Å². The van der Waals surface area contributed by atoms with E-state index in [2.05, 4.69) is 36.7 Å². The molecular weight excluding hydrogens is 500 g/mol. The summed E-state index contributed by atoms with van der Waals surface area (Å²) in [6.45, 7) is 0. The highest BCUT2D eigenvalue weighted by Crippen LogP contribution is 2.32. The zero-order chi connectivity index (χ0) is 19.8. The van der Waals surface area contributed by atoms with Gasteiger partial charge in [-0.05, 0) is 17.7 Å². The third kappa shape index (κ3) is 6.59. The van der Waals surface area contributed by atoms with Crippen LogP contribution in [0.1, 0.15) is 11.1 Å². The summed E-state index contributed by atoms with van der Waals surface area (Å²) in [7, 11) is 0. The fourth-order valence-corrected chi connectivity index (χ4v) is 5.47. The summed E-state index contributed by atoms with van der Waals surface area (Å²) in [6.07, 6.45) is 1.60. The van der Waals surface area contributed by atoms with Crippen LogP contribution >= 0.6 is 62.4 Å². The number of hydrogen-bond donors (Lipinski definition) is 1. The Morgan fingerprint density at radius 3 is 2.64 bits per heavy atom. The molecule has 10 heteroatoms. The fraction of sp³-hybridized carbons (Fsp3) is 0.111. The van der Waals surface area contributed by atoms with Crippen molar-refractivity contribution >= 4 is 74.5 Å². The molecule has 0 aliphatic rings. The molecule has 1 N–H and O–H groups in total. The Bertz CT molecular complexity index is 983. The molecule has 1 aromatic heterocycles. The molecule has 0 saturated heterocycles. The molecule has 3 rings (SSSR count). The summed E-state index contributed by atoms with van der Waals surface area (Å²) in [5, 5.41) is 13.0. The van der Waals surface area contributed by atoms with E-state index < -0.39 is 0 Å². The summed E-state index contributed by atoms with van der Waals surface area (Å²) < 4.78 is 2.50. The van der Waals surface area contributed by atoms with Crippen LogP contribution in [0.4, 0.5) is 0 Å². The van der Waals surface area contributed by atoms with Gasteiger partial charge in [-0.15, -0.1) is 10.2 Å². The SMILES string of the molecule is O=C(CSc1nnc(SCc2ccccc2Cl)s1)NN=Cc1ccccc1Br. The van der Waals surface area contributed by atoms with Gasteiger partial charge in [0.2, 0.25) is 0 Å². The van der Waals surface area contributed by atoms with Gasteiger partial charge in [-0.2, -0.15) is 5.10 Å². The molecule has 0 fully saturated rings. The van der Waals surface area contributed by atoms with E-state index in [1.54, 1.807) is 18.0 Å². The lowest BCUT2D eigenvalue weighted by molar-refractivity contribution is -0.118. The van der Waals surface area contributed by atoms with Gasteiger partial charge in [-0.1, -0.05) is 98.8 Å². The lowest BCUT2D eigenvalue weighted by Gasteiger charge is -2.00. The average molecular weight is 514 g/mol. The van der Waals surface area contributed by atoms with Crippen molar-refractivity contribution < 1.29 is 4.79 Å². The van der Waals surface area contributed by atoms with Crippen molar-refractivity contribution in [2.45, 2.75) is 14.4 Å². The molecule has 0 aliphatic heterocycles. The number of amides is 1. The minimum absolute atomic E-state index is 0.200. The third-order valence-corrected chi connectivity index (χ3v) is 7.65. The zero-order valence-corrected chi connectivity index (χ0v) is 19.1. The van der Waals surface area contributed by atoms with Gasteiger partial charge in [0, 0.05) is 20.8 Å². The predicted molar refractivity (Wildman–Crippen MR) is 122 cm³/mol. The van der Waals surface area contributed by atoms with Gasteiger partial charge in [0.05, 0.1) is 12.0 Å². The molecule has 0 unspecified atom stereocenters. The molecule has 2 aromatic carbocycles. The number of nitrogens with one attached hydrogen (secondary N) is 1. The Morgan fingerprint density at radius 1 is 1.14 bits per heavy atom. The molecule has 1 amide bonds. The first kappa shape index (κ1) is 21.3. The normalized spacial score (nSPS) is 11.1. The van der Waals surface area contributed by atoms with Crippen LogP contribution in [0.25, 0.3) is 0 Å². The Balaban J connectivity index is 1.43. The first-order chi connectivity index (χ1) is 13.6. The van der Waals surface area contributed by atoms with E-state index in [4.69, 9.17) is 11.6 Å². The van der Waals surface area contributed by atoms with Crippen molar-refractivity contribution in [1.29, 1.82) is 0 Å². The fourth-order valence-electron chi connectivity index (χ4n) is 1.98. The maximum Gasteiger partial charge on any atom is 0.250 e. The molecule has 144 valence electrons. The molecule has 1 heterocycles. The first-order valence-electron chi connectivity index (χ1n) is 8.01. The first-order valence-corrected chi connectivity index (χ1v) is 12.0. The van der Waals surface area contributed by atoms with Gasteiger partial charge < -0.3 is 0 Å². The Labute approximate surface area is 188 Å². The summed E-state index contributed by atoms with van der Waals surface area (Å²) in [5.41, 5.74) is 4.46. The summed E-state index contributed by atoms with van der Waals surface area (Å²) in [4.78, 5) is 11.9.